The minimum atomic E-state index is -0.652. The lowest BCUT2D eigenvalue weighted by Gasteiger charge is -2.42. The van der Waals surface area contributed by atoms with Gasteiger partial charge in [0.2, 0.25) is 0 Å². The third-order valence-corrected chi connectivity index (χ3v) is 5.63. The van der Waals surface area contributed by atoms with E-state index in [0.717, 1.165) is 35.3 Å². The molecule has 1 aromatic rings. The van der Waals surface area contributed by atoms with Gasteiger partial charge < -0.3 is 24.1 Å². The summed E-state index contributed by atoms with van der Waals surface area (Å²) in [5, 5.41) is 10.4. The van der Waals surface area contributed by atoms with E-state index in [1.54, 1.807) is 14.2 Å². The van der Waals surface area contributed by atoms with Gasteiger partial charge >= 0.3 is 0 Å². The van der Waals surface area contributed by atoms with E-state index in [-0.39, 0.29) is 12.2 Å². The van der Waals surface area contributed by atoms with E-state index in [1.165, 1.54) is 12.8 Å². The van der Waals surface area contributed by atoms with E-state index < -0.39 is 18.0 Å². The molecular formula is C21H32O5. The van der Waals surface area contributed by atoms with Gasteiger partial charge in [-0.05, 0) is 31.4 Å². The van der Waals surface area contributed by atoms with Gasteiger partial charge in [-0.25, -0.2) is 0 Å². The van der Waals surface area contributed by atoms with Crippen molar-refractivity contribution < 1.29 is 24.1 Å². The molecule has 5 heteroatoms. The topological polar surface area (TPSA) is 57.2 Å². The number of fused-ring (bicyclic) bond motifs is 3. The Kier molecular flexibility index (Phi) is 5.92. The first kappa shape index (κ1) is 19.6. The Morgan fingerprint density at radius 3 is 2.62 bits per heavy atom. The van der Waals surface area contributed by atoms with Gasteiger partial charge in [-0.3, -0.25) is 0 Å². The van der Waals surface area contributed by atoms with Gasteiger partial charge in [0.25, 0.3) is 0 Å². The molecule has 1 aromatic carbocycles. The van der Waals surface area contributed by atoms with Crippen LogP contribution in [0.3, 0.4) is 0 Å². The van der Waals surface area contributed by atoms with Crippen molar-refractivity contribution >= 4 is 0 Å². The lowest BCUT2D eigenvalue weighted by atomic mass is 9.85. The summed E-state index contributed by atoms with van der Waals surface area (Å²) in [5.74, 6) is 0.777. The van der Waals surface area contributed by atoms with Gasteiger partial charge in [-0.1, -0.05) is 38.3 Å². The van der Waals surface area contributed by atoms with E-state index in [4.69, 9.17) is 18.9 Å². The van der Waals surface area contributed by atoms with Gasteiger partial charge in [-0.2, -0.15) is 0 Å². The number of methoxy groups -OCH3 is 2. The van der Waals surface area contributed by atoms with Crippen molar-refractivity contribution in [3.63, 3.8) is 0 Å². The number of aliphatic hydroxyl groups is 1. The minimum absolute atomic E-state index is 0.0377. The summed E-state index contributed by atoms with van der Waals surface area (Å²) in [7, 11) is 3.39. The smallest absolute Gasteiger partial charge is 0.187 e. The van der Waals surface area contributed by atoms with Crippen LogP contribution < -0.4 is 4.74 Å². The van der Waals surface area contributed by atoms with Gasteiger partial charge in [0.15, 0.2) is 6.29 Å². The summed E-state index contributed by atoms with van der Waals surface area (Å²) in [6.45, 7) is 6.02. The molecule has 0 spiro atoms. The highest BCUT2D eigenvalue weighted by Gasteiger charge is 2.43. The van der Waals surface area contributed by atoms with E-state index in [2.05, 4.69) is 13.0 Å². The number of aliphatic hydroxyl groups excluding tert-OH is 1. The molecule has 2 heterocycles. The summed E-state index contributed by atoms with van der Waals surface area (Å²) in [4.78, 5) is 0. The van der Waals surface area contributed by atoms with Gasteiger partial charge in [0.05, 0.1) is 17.8 Å². The SMILES string of the molecule is CCCCC[C@@H]1O[C@@H](OC)c2c(ccc3c2OC(C)(C)[C@H](O)C3)[C@@H]1OC. The highest BCUT2D eigenvalue weighted by molar-refractivity contribution is 5.51. The van der Waals surface area contributed by atoms with Gasteiger partial charge in [0, 0.05) is 20.6 Å². The fourth-order valence-corrected chi connectivity index (χ4v) is 3.98. The minimum Gasteiger partial charge on any atom is -0.484 e. The molecule has 0 aromatic heterocycles. The maximum Gasteiger partial charge on any atom is 0.187 e. The number of hydrogen-bond acceptors (Lipinski definition) is 5. The average Bonchev–Trinajstić information content (AvgIpc) is 2.61. The average molecular weight is 364 g/mol. The molecule has 0 aliphatic carbocycles. The number of rotatable bonds is 6. The normalized spacial score (nSPS) is 29.6. The van der Waals surface area contributed by atoms with Crippen LogP contribution in [0.15, 0.2) is 12.1 Å². The molecule has 1 N–H and O–H groups in total. The first-order valence-corrected chi connectivity index (χ1v) is 9.66. The van der Waals surface area contributed by atoms with Crippen molar-refractivity contribution in [3.05, 3.63) is 28.8 Å². The van der Waals surface area contributed by atoms with Crippen molar-refractivity contribution in [1.82, 2.24) is 0 Å². The predicted molar refractivity (Wildman–Crippen MR) is 99.4 cm³/mol. The van der Waals surface area contributed by atoms with Crippen molar-refractivity contribution in [2.45, 2.75) is 83.1 Å². The second-order valence-electron chi connectivity index (χ2n) is 7.88. The Labute approximate surface area is 156 Å². The first-order valence-electron chi connectivity index (χ1n) is 9.66. The van der Waals surface area contributed by atoms with Crippen LogP contribution in [0.25, 0.3) is 0 Å². The van der Waals surface area contributed by atoms with Crippen LogP contribution in [-0.2, 0) is 20.6 Å². The van der Waals surface area contributed by atoms with Crippen molar-refractivity contribution in [2.24, 2.45) is 0 Å². The maximum absolute atomic E-state index is 10.4. The maximum atomic E-state index is 10.4. The Hall–Kier alpha value is -1.14. The van der Waals surface area contributed by atoms with Crippen LogP contribution in [0.4, 0.5) is 0 Å². The van der Waals surface area contributed by atoms with Crippen LogP contribution >= 0.6 is 0 Å². The second-order valence-corrected chi connectivity index (χ2v) is 7.88. The highest BCUT2D eigenvalue weighted by atomic mass is 16.7. The zero-order chi connectivity index (χ0) is 18.9. The molecule has 0 fully saturated rings. The van der Waals surface area contributed by atoms with Crippen LogP contribution in [0.1, 0.15) is 75.5 Å². The third kappa shape index (κ3) is 3.50. The Bertz CT molecular complexity index is 627. The van der Waals surface area contributed by atoms with E-state index in [0.29, 0.717) is 6.42 Å². The summed E-state index contributed by atoms with van der Waals surface area (Å²) >= 11 is 0. The summed E-state index contributed by atoms with van der Waals surface area (Å²) < 4.78 is 24.0. The van der Waals surface area contributed by atoms with E-state index in [9.17, 15) is 5.11 Å². The van der Waals surface area contributed by atoms with E-state index >= 15 is 0 Å². The quantitative estimate of drug-likeness (QED) is 0.771. The van der Waals surface area contributed by atoms with Crippen LogP contribution in [0, 0.1) is 0 Å². The Morgan fingerprint density at radius 2 is 1.96 bits per heavy atom. The van der Waals surface area contributed by atoms with Crippen molar-refractivity contribution in [3.8, 4) is 5.75 Å². The predicted octanol–water partition coefficient (Wildman–Crippen LogP) is 4.07. The third-order valence-electron chi connectivity index (χ3n) is 5.63. The molecule has 0 saturated carbocycles. The monoisotopic (exact) mass is 364 g/mol. The van der Waals surface area contributed by atoms with Crippen LogP contribution in [0.2, 0.25) is 0 Å². The fourth-order valence-electron chi connectivity index (χ4n) is 3.98. The lowest BCUT2D eigenvalue weighted by molar-refractivity contribution is -0.207. The molecule has 3 rings (SSSR count). The number of benzene rings is 1. The van der Waals surface area contributed by atoms with Crippen molar-refractivity contribution in [2.75, 3.05) is 14.2 Å². The molecule has 5 nitrogen and oxygen atoms in total. The summed E-state index contributed by atoms with van der Waals surface area (Å²) in [6.07, 6.45) is 3.75. The van der Waals surface area contributed by atoms with Gasteiger partial charge in [0.1, 0.15) is 17.5 Å². The molecule has 0 bridgehead atoms. The van der Waals surface area contributed by atoms with Gasteiger partial charge in [-0.15, -0.1) is 0 Å². The summed E-state index contributed by atoms with van der Waals surface area (Å²) in [5.41, 5.74) is 2.31. The number of hydrogen-bond donors (Lipinski definition) is 1. The second kappa shape index (κ2) is 7.85. The molecule has 0 radical (unpaired) electrons. The standard InChI is InChI=1S/C21H32O5/c1-6-7-8-9-15-19(23-4)14-11-10-13-12-16(22)21(2,3)26-18(13)17(14)20(24-5)25-15/h10-11,15-16,19-20,22H,6-9,12H2,1-5H3/t15-,16+,19-,20+/m0/s1. The first-order chi connectivity index (χ1) is 12.4. The number of unbranched alkanes of at least 4 members (excludes halogenated alkanes) is 2. The van der Waals surface area contributed by atoms with Crippen molar-refractivity contribution in [1.29, 1.82) is 0 Å². The molecular weight excluding hydrogens is 332 g/mol. The molecule has 2 aliphatic heterocycles. The van der Waals surface area contributed by atoms with Crippen LogP contribution in [0.5, 0.6) is 5.75 Å². The zero-order valence-electron chi connectivity index (χ0n) is 16.6. The molecule has 146 valence electrons. The van der Waals surface area contributed by atoms with Crippen LogP contribution in [-0.4, -0.2) is 37.1 Å². The molecule has 2 aliphatic rings. The van der Waals surface area contributed by atoms with E-state index in [1.807, 2.05) is 19.9 Å². The summed E-state index contributed by atoms with van der Waals surface area (Å²) in [6, 6.07) is 4.12. The Morgan fingerprint density at radius 1 is 1.19 bits per heavy atom. The number of ether oxygens (including phenoxy) is 4. The molecule has 26 heavy (non-hydrogen) atoms. The molecule has 4 atom stereocenters. The molecule has 0 saturated heterocycles. The molecule has 0 amide bonds. The largest absolute Gasteiger partial charge is 0.484 e. The fraction of sp³-hybridized carbons (Fsp3) is 0.714. The Balaban J connectivity index is 2.00. The molecule has 0 unspecified atom stereocenters. The lowest BCUT2D eigenvalue weighted by Crippen LogP contribution is -2.47. The highest BCUT2D eigenvalue weighted by Crippen LogP contribution is 2.48. The zero-order valence-corrected chi connectivity index (χ0v) is 16.6.